The third-order valence-electron chi connectivity index (χ3n) is 4.15. The van der Waals surface area contributed by atoms with Crippen LogP contribution < -0.4 is 4.74 Å². The summed E-state index contributed by atoms with van der Waals surface area (Å²) in [5.74, 6) is 0.993. The SMILES string of the molecule is CC(C)(C)[Si](C)(C)O[C@H]1CCOc2ccccc21. The number of hydrogen-bond donors (Lipinski definition) is 0. The average molecular weight is 264 g/mol. The van der Waals surface area contributed by atoms with E-state index in [-0.39, 0.29) is 11.1 Å². The monoisotopic (exact) mass is 264 g/mol. The Kier molecular flexibility index (Phi) is 3.56. The number of rotatable bonds is 2. The zero-order chi connectivity index (χ0) is 13.4. The summed E-state index contributed by atoms with van der Waals surface area (Å²) >= 11 is 0. The van der Waals surface area contributed by atoms with Crippen molar-refractivity contribution in [2.75, 3.05) is 6.61 Å². The van der Waals surface area contributed by atoms with Crippen LogP contribution in [0.3, 0.4) is 0 Å². The molecule has 18 heavy (non-hydrogen) atoms. The number of hydrogen-bond acceptors (Lipinski definition) is 2. The molecule has 0 fully saturated rings. The minimum atomic E-state index is -1.72. The molecule has 2 nitrogen and oxygen atoms in total. The molecule has 0 unspecified atom stereocenters. The van der Waals surface area contributed by atoms with Crippen LogP contribution in [-0.2, 0) is 4.43 Å². The van der Waals surface area contributed by atoms with E-state index in [2.05, 4.69) is 46.0 Å². The molecule has 1 aromatic carbocycles. The molecule has 0 N–H and O–H groups in total. The zero-order valence-corrected chi connectivity index (χ0v) is 13.1. The Morgan fingerprint density at radius 2 is 1.89 bits per heavy atom. The molecule has 0 aliphatic carbocycles. The van der Waals surface area contributed by atoms with Crippen molar-refractivity contribution in [1.82, 2.24) is 0 Å². The maximum Gasteiger partial charge on any atom is 0.192 e. The second-order valence-corrected chi connectivity index (χ2v) is 11.3. The smallest absolute Gasteiger partial charge is 0.192 e. The lowest BCUT2D eigenvalue weighted by molar-refractivity contribution is 0.122. The molecule has 1 heterocycles. The molecule has 100 valence electrons. The lowest BCUT2D eigenvalue weighted by Crippen LogP contribution is -2.42. The summed E-state index contributed by atoms with van der Waals surface area (Å²) in [6, 6.07) is 8.26. The van der Waals surface area contributed by atoms with Crippen LogP contribution >= 0.6 is 0 Å². The fourth-order valence-corrected chi connectivity index (χ4v) is 3.27. The van der Waals surface area contributed by atoms with E-state index in [0.717, 1.165) is 18.8 Å². The lowest BCUT2D eigenvalue weighted by atomic mass is 10.0. The van der Waals surface area contributed by atoms with Gasteiger partial charge in [-0.2, -0.15) is 0 Å². The maximum absolute atomic E-state index is 6.53. The van der Waals surface area contributed by atoms with Gasteiger partial charge < -0.3 is 9.16 Å². The summed E-state index contributed by atoms with van der Waals surface area (Å²) in [6.07, 6.45) is 1.17. The molecule has 0 spiro atoms. The first-order valence-electron chi connectivity index (χ1n) is 6.71. The van der Waals surface area contributed by atoms with Gasteiger partial charge in [-0.1, -0.05) is 39.0 Å². The van der Waals surface area contributed by atoms with Crippen LogP contribution in [0.15, 0.2) is 24.3 Å². The normalized spacial score (nSPS) is 20.2. The largest absolute Gasteiger partial charge is 0.493 e. The molecule has 0 bridgehead atoms. The predicted octanol–water partition coefficient (Wildman–Crippen LogP) is 4.53. The van der Waals surface area contributed by atoms with Gasteiger partial charge in [0.2, 0.25) is 0 Å². The van der Waals surface area contributed by atoms with Gasteiger partial charge in [-0.25, -0.2) is 0 Å². The topological polar surface area (TPSA) is 18.5 Å². The van der Waals surface area contributed by atoms with Crippen LogP contribution in [0.2, 0.25) is 18.1 Å². The molecule has 0 saturated carbocycles. The molecular formula is C15H24O2Si. The van der Waals surface area contributed by atoms with E-state index in [1.165, 1.54) is 5.56 Å². The first-order valence-corrected chi connectivity index (χ1v) is 9.62. The van der Waals surface area contributed by atoms with E-state index in [1.54, 1.807) is 0 Å². The summed E-state index contributed by atoms with van der Waals surface area (Å²) < 4.78 is 12.2. The highest BCUT2D eigenvalue weighted by Crippen LogP contribution is 2.43. The van der Waals surface area contributed by atoms with E-state index in [4.69, 9.17) is 9.16 Å². The fraction of sp³-hybridized carbons (Fsp3) is 0.600. The van der Waals surface area contributed by atoms with Crippen LogP contribution in [-0.4, -0.2) is 14.9 Å². The van der Waals surface area contributed by atoms with Crippen molar-refractivity contribution in [1.29, 1.82) is 0 Å². The second kappa shape index (κ2) is 4.70. The molecule has 1 aromatic rings. The van der Waals surface area contributed by atoms with Gasteiger partial charge in [0.25, 0.3) is 0 Å². The molecule has 1 atom stereocenters. The first-order chi connectivity index (χ1) is 8.31. The van der Waals surface area contributed by atoms with Crippen molar-refractivity contribution in [3.63, 3.8) is 0 Å². The summed E-state index contributed by atoms with van der Waals surface area (Å²) in [6.45, 7) is 12.2. The third kappa shape index (κ3) is 2.62. The van der Waals surface area contributed by atoms with E-state index in [0.29, 0.717) is 0 Å². The predicted molar refractivity (Wildman–Crippen MR) is 77.6 cm³/mol. The van der Waals surface area contributed by atoms with Crippen molar-refractivity contribution in [2.45, 2.75) is 51.4 Å². The van der Waals surface area contributed by atoms with Gasteiger partial charge in [0, 0.05) is 12.0 Å². The quantitative estimate of drug-likeness (QED) is 0.731. The van der Waals surface area contributed by atoms with Crippen LogP contribution in [0, 0.1) is 0 Å². The third-order valence-corrected chi connectivity index (χ3v) is 8.63. The Morgan fingerprint density at radius 3 is 2.56 bits per heavy atom. The first kappa shape index (κ1) is 13.6. The van der Waals surface area contributed by atoms with Crippen LogP contribution in [0.25, 0.3) is 0 Å². The van der Waals surface area contributed by atoms with E-state index in [1.807, 2.05) is 12.1 Å². The Balaban J connectivity index is 2.22. The van der Waals surface area contributed by atoms with Gasteiger partial charge >= 0.3 is 0 Å². The highest BCUT2D eigenvalue weighted by Gasteiger charge is 2.40. The molecule has 3 heteroatoms. The molecule has 0 aromatic heterocycles. The molecule has 1 aliphatic rings. The van der Waals surface area contributed by atoms with Gasteiger partial charge in [-0.05, 0) is 24.2 Å². The van der Waals surface area contributed by atoms with E-state index in [9.17, 15) is 0 Å². The number of ether oxygens (including phenoxy) is 1. The molecular weight excluding hydrogens is 240 g/mol. The number of fused-ring (bicyclic) bond motifs is 1. The van der Waals surface area contributed by atoms with Crippen molar-refractivity contribution in [2.24, 2.45) is 0 Å². The Morgan fingerprint density at radius 1 is 1.22 bits per heavy atom. The zero-order valence-electron chi connectivity index (χ0n) is 12.1. The number of para-hydroxylation sites is 1. The standard InChI is InChI=1S/C15H24O2Si/c1-15(2,3)18(4,5)17-14-10-11-16-13-9-7-6-8-12(13)14/h6-9,14H,10-11H2,1-5H3/t14-/m0/s1. The maximum atomic E-state index is 6.53. The van der Waals surface area contributed by atoms with Gasteiger partial charge in [0.05, 0.1) is 12.7 Å². The Bertz CT molecular complexity index is 421. The van der Waals surface area contributed by atoms with Crippen molar-refractivity contribution < 1.29 is 9.16 Å². The summed E-state index contributed by atoms with van der Waals surface area (Å²) in [7, 11) is -1.72. The highest BCUT2D eigenvalue weighted by molar-refractivity contribution is 6.74. The molecule has 0 saturated heterocycles. The minimum Gasteiger partial charge on any atom is -0.493 e. The molecule has 0 amide bonds. The van der Waals surface area contributed by atoms with Crippen molar-refractivity contribution in [3.05, 3.63) is 29.8 Å². The highest BCUT2D eigenvalue weighted by atomic mass is 28.4. The van der Waals surface area contributed by atoms with Crippen LogP contribution in [0.4, 0.5) is 0 Å². The number of benzene rings is 1. The van der Waals surface area contributed by atoms with E-state index >= 15 is 0 Å². The minimum absolute atomic E-state index is 0.204. The fourth-order valence-electron chi connectivity index (χ4n) is 1.96. The van der Waals surface area contributed by atoms with E-state index < -0.39 is 8.32 Å². The second-order valence-electron chi connectivity index (χ2n) is 6.54. The molecule has 0 radical (unpaired) electrons. The van der Waals surface area contributed by atoms with Crippen LogP contribution in [0.5, 0.6) is 5.75 Å². The summed E-state index contributed by atoms with van der Waals surface area (Å²) in [4.78, 5) is 0. The van der Waals surface area contributed by atoms with Crippen molar-refractivity contribution in [3.8, 4) is 5.75 Å². The van der Waals surface area contributed by atoms with Gasteiger partial charge in [0.1, 0.15) is 5.75 Å². The van der Waals surface area contributed by atoms with Gasteiger partial charge in [0.15, 0.2) is 8.32 Å². The van der Waals surface area contributed by atoms with Gasteiger partial charge in [-0.15, -0.1) is 0 Å². The molecule has 1 aliphatic heterocycles. The average Bonchev–Trinajstić information content (AvgIpc) is 2.27. The van der Waals surface area contributed by atoms with Crippen molar-refractivity contribution >= 4 is 8.32 Å². The summed E-state index contributed by atoms with van der Waals surface area (Å²) in [5, 5.41) is 0.250. The Hall–Kier alpha value is -0.803. The van der Waals surface area contributed by atoms with Gasteiger partial charge in [-0.3, -0.25) is 0 Å². The molecule has 2 rings (SSSR count). The lowest BCUT2D eigenvalue weighted by Gasteiger charge is -2.40. The summed E-state index contributed by atoms with van der Waals surface area (Å²) in [5.41, 5.74) is 1.22. The Labute approximate surface area is 111 Å². The van der Waals surface area contributed by atoms with Crippen LogP contribution in [0.1, 0.15) is 38.9 Å².